The molecule has 1 saturated carbocycles. The molecule has 1 aliphatic carbocycles. The summed E-state index contributed by atoms with van der Waals surface area (Å²) in [6.07, 6.45) is 9.27. The molecular formula is C13H21N3O2S. The average molecular weight is 283 g/mol. The first-order chi connectivity index (χ1) is 9.34. The fourth-order valence-electron chi connectivity index (χ4n) is 2.18. The molecule has 0 saturated heterocycles. The minimum absolute atomic E-state index is 0.201. The highest BCUT2D eigenvalue weighted by Gasteiger charge is 2.13. The molecule has 19 heavy (non-hydrogen) atoms. The van der Waals surface area contributed by atoms with Gasteiger partial charge in [0.1, 0.15) is 0 Å². The Kier molecular flexibility index (Phi) is 6.10. The van der Waals surface area contributed by atoms with Crippen LogP contribution in [0, 0.1) is 0 Å². The summed E-state index contributed by atoms with van der Waals surface area (Å²) < 4.78 is 5.79. The Labute approximate surface area is 117 Å². The minimum Gasteiger partial charge on any atom is -0.378 e. The van der Waals surface area contributed by atoms with Gasteiger partial charge in [-0.15, -0.1) is 11.3 Å². The lowest BCUT2D eigenvalue weighted by atomic mass is 9.98. The lowest BCUT2D eigenvalue weighted by Gasteiger charge is -2.21. The van der Waals surface area contributed by atoms with E-state index < -0.39 is 0 Å². The monoisotopic (exact) mass is 283 g/mol. The van der Waals surface area contributed by atoms with Gasteiger partial charge in [0.2, 0.25) is 0 Å². The topological polar surface area (TPSA) is 63.2 Å². The summed E-state index contributed by atoms with van der Waals surface area (Å²) in [5.74, 6) is 0. The van der Waals surface area contributed by atoms with Gasteiger partial charge in [-0.1, -0.05) is 19.3 Å². The molecule has 0 bridgehead atoms. The van der Waals surface area contributed by atoms with Crippen molar-refractivity contribution in [2.75, 3.05) is 18.5 Å². The fourth-order valence-corrected chi connectivity index (χ4v) is 2.71. The van der Waals surface area contributed by atoms with Gasteiger partial charge in [-0.25, -0.2) is 9.78 Å². The van der Waals surface area contributed by atoms with E-state index in [0.29, 0.717) is 17.8 Å². The number of carbonyl (C=O) groups is 1. The van der Waals surface area contributed by atoms with Gasteiger partial charge in [0.15, 0.2) is 5.13 Å². The van der Waals surface area contributed by atoms with Crippen molar-refractivity contribution in [1.82, 2.24) is 10.3 Å². The quantitative estimate of drug-likeness (QED) is 0.789. The van der Waals surface area contributed by atoms with Crippen LogP contribution in [0.2, 0.25) is 0 Å². The van der Waals surface area contributed by atoms with Crippen LogP contribution in [0.3, 0.4) is 0 Å². The summed E-state index contributed by atoms with van der Waals surface area (Å²) in [7, 11) is 0. The van der Waals surface area contributed by atoms with Gasteiger partial charge in [-0.2, -0.15) is 0 Å². The Bertz CT molecular complexity index is 364. The molecule has 0 atom stereocenters. The van der Waals surface area contributed by atoms with E-state index in [1.165, 1.54) is 43.4 Å². The maximum absolute atomic E-state index is 11.5. The van der Waals surface area contributed by atoms with E-state index in [9.17, 15) is 4.79 Å². The van der Waals surface area contributed by atoms with E-state index in [4.69, 9.17) is 4.74 Å². The van der Waals surface area contributed by atoms with Crippen LogP contribution < -0.4 is 10.6 Å². The zero-order chi connectivity index (χ0) is 13.3. The Balaban J connectivity index is 1.48. The number of amides is 2. The van der Waals surface area contributed by atoms with Crippen LogP contribution in [0.15, 0.2) is 11.6 Å². The van der Waals surface area contributed by atoms with Crippen LogP contribution in [0.4, 0.5) is 9.93 Å². The van der Waals surface area contributed by atoms with Crippen molar-refractivity contribution in [1.29, 1.82) is 0 Å². The molecule has 2 amide bonds. The predicted octanol–water partition coefficient (Wildman–Crippen LogP) is 3.00. The Morgan fingerprint density at radius 2 is 2.26 bits per heavy atom. The smallest absolute Gasteiger partial charge is 0.321 e. The second-order valence-electron chi connectivity index (χ2n) is 4.70. The molecular weight excluding hydrogens is 262 g/mol. The lowest BCUT2D eigenvalue weighted by molar-refractivity contribution is 0.0276. The van der Waals surface area contributed by atoms with Gasteiger partial charge in [0.25, 0.3) is 0 Å². The summed E-state index contributed by atoms with van der Waals surface area (Å²) in [5.41, 5.74) is 0. The fraction of sp³-hybridized carbons (Fsp3) is 0.692. The normalized spacial score (nSPS) is 16.2. The van der Waals surface area contributed by atoms with E-state index in [2.05, 4.69) is 15.6 Å². The third-order valence-electron chi connectivity index (χ3n) is 3.17. The molecule has 5 nitrogen and oxygen atoms in total. The summed E-state index contributed by atoms with van der Waals surface area (Å²) >= 11 is 1.41. The number of nitrogens with zero attached hydrogens (tertiary/aromatic N) is 1. The highest BCUT2D eigenvalue weighted by atomic mass is 32.1. The van der Waals surface area contributed by atoms with Gasteiger partial charge in [-0.3, -0.25) is 5.32 Å². The zero-order valence-electron chi connectivity index (χ0n) is 11.1. The number of thiazole rings is 1. The van der Waals surface area contributed by atoms with E-state index in [-0.39, 0.29) is 6.03 Å². The van der Waals surface area contributed by atoms with Crippen LogP contribution in [-0.4, -0.2) is 30.3 Å². The predicted molar refractivity (Wildman–Crippen MR) is 76.6 cm³/mol. The standard InChI is InChI=1S/C13H21N3O2S/c17-12(16-13-15-8-10-19-13)14-7-4-9-18-11-5-2-1-3-6-11/h8,10-11H,1-7,9H2,(H2,14,15,16,17). The van der Waals surface area contributed by atoms with Crippen LogP contribution in [0.1, 0.15) is 38.5 Å². The van der Waals surface area contributed by atoms with Crippen LogP contribution in [-0.2, 0) is 4.74 Å². The van der Waals surface area contributed by atoms with E-state index >= 15 is 0 Å². The van der Waals surface area contributed by atoms with Crippen LogP contribution in [0.25, 0.3) is 0 Å². The molecule has 0 unspecified atom stereocenters. The Hall–Kier alpha value is -1.14. The lowest BCUT2D eigenvalue weighted by Crippen LogP contribution is -2.30. The number of rotatable bonds is 6. The number of nitrogens with one attached hydrogen (secondary N) is 2. The first-order valence-electron chi connectivity index (χ1n) is 6.90. The largest absolute Gasteiger partial charge is 0.378 e. The molecule has 1 fully saturated rings. The number of ether oxygens (including phenoxy) is 1. The molecule has 6 heteroatoms. The minimum atomic E-state index is -0.201. The molecule has 1 aromatic rings. The molecule has 2 rings (SSSR count). The number of hydrogen-bond donors (Lipinski definition) is 2. The molecule has 0 spiro atoms. The first kappa shape index (κ1) is 14.3. The van der Waals surface area contributed by atoms with E-state index in [0.717, 1.165) is 13.0 Å². The number of urea groups is 1. The van der Waals surface area contributed by atoms with Crippen molar-refractivity contribution in [3.05, 3.63) is 11.6 Å². The molecule has 0 aromatic carbocycles. The van der Waals surface area contributed by atoms with E-state index in [1.807, 2.05) is 5.38 Å². The van der Waals surface area contributed by atoms with Crippen LogP contribution >= 0.6 is 11.3 Å². The van der Waals surface area contributed by atoms with Crippen molar-refractivity contribution >= 4 is 22.5 Å². The van der Waals surface area contributed by atoms with Crippen molar-refractivity contribution in [3.8, 4) is 0 Å². The second kappa shape index (κ2) is 8.12. The summed E-state index contributed by atoms with van der Waals surface area (Å²) in [6.45, 7) is 1.35. The number of aromatic nitrogens is 1. The van der Waals surface area contributed by atoms with Gasteiger partial charge in [0.05, 0.1) is 6.10 Å². The number of carbonyl (C=O) groups excluding carboxylic acids is 1. The highest BCUT2D eigenvalue weighted by Crippen LogP contribution is 2.20. The van der Waals surface area contributed by atoms with Crippen molar-refractivity contribution in [2.24, 2.45) is 0 Å². The van der Waals surface area contributed by atoms with E-state index in [1.54, 1.807) is 6.20 Å². The van der Waals surface area contributed by atoms with Crippen LogP contribution in [0.5, 0.6) is 0 Å². The Morgan fingerprint density at radius 1 is 1.42 bits per heavy atom. The average Bonchev–Trinajstić information content (AvgIpc) is 2.92. The van der Waals surface area contributed by atoms with Gasteiger partial charge in [-0.05, 0) is 19.3 Å². The molecule has 0 aliphatic heterocycles. The molecule has 1 heterocycles. The van der Waals surface area contributed by atoms with Crippen molar-refractivity contribution < 1.29 is 9.53 Å². The van der Waals surface area contributed by atoms with Gasteiger partial charge in [0, 0.05) is 24.7 Å². The SMILES string of the molecule is O=C(NCCCOC1CCCCC1)Nc1nccs1. The third-order valence-corrected chi connectivity index (χ3v) is 3.85. The molecule has 1 aliphatic rings. The third kappa shape index (κ3) is 5.57. The van der Waals surface area contributed by atoms with Gasteiger partial charge < -0.3 is 10.1 Å². The zero-order valence-corrected chi connectivity index (χ0v) is 11.9. The van der Waals surface area contributed by atoms with Crippen molar-refractivity contribution in [3.63, 3.8) is 0 Å². The second-order valence-corrected chi connectivity index (χ2v) is 5.60. The summed E-state index contributed by atoms with van der Waals surface area (Å²) in [5, 5.41) is 7.92. The van der Waals surface area contributed by atoms with Crippen molar-refractivity contribution in [2.45, 2.75) is 44.6 Å². The maximum atomic E-state index is 11.5. The maximum Gasteiger partial charge on any atom is 0.321 e. The molecule has 106 valence electrons. The highest BCUT2D eigenvalue weighted by molar-refractivity contribution is 7.13. The Morgan fingerprint density at radius 3 is 3.00 bits per heavy atom. The first-order valence-corrected chi connectivity index (χ1v) is 7.78. The number of hydrogen-bond acceptors (Lipinski definition) is 4. The molecule has 0 radical (unpaired) electrons. The number of anilines is 1. The summed E-state index contributed by atoms with van der Waals surface area (Å²) in [4.78, 5) is 15.5. The molecule has 2 N–H and O–H groups in total. The molecule has 1 aromatic heterocycles. The summed E-state index contributed by atoms with van der Waals surface area (Å²) in [6, 6.07) is -0.201. The van der Waals surface area contributed by atoms with Gasteiger partial charge >= 0.3 is 6.03 Å².